The zero-order chi connectivity index (χ0) is 17.6. The van der Waals surface area contributed by atoms with Crippen LogP contribution in [-0.4, -0.2) is 22.7 Å². The third-order valence-corrected chi connectivity index (χ3v) is 3.64. The molecule has 0 aliphatic heterocycles. The number of aromatic nitrogens is 2. The molecule has 0 atom stereocenters. The van der Waals surface area contributed by atoms with Crippen LogP contribution in [0.5, 0.6) is 5.75 Å². The summed E-state index contributed by atoms with van der Waals surface area (Å²) < 4.78 is 15.6. The van der Waals surface area contributed by atoms with E-state index in [9.17, 15) is 4.79 Å². The quantitative estimate of drug-likeness (QED) is 0.616. The van der Waals surface area contributed by atoms with Gasteiger partial charge in [0, 0.05) is 5.56 Å². The second kappa shape index (κ2) is 7.81. The Morgan fingerprint density at radius 1 is 1.16 bits per heavy atom. The topological polar surface area (TPSA) is 74.5 Å². The average Bonchev–Trinajstić information content (AvgIpc) is 3.10. The van der Waals surface area contributed by atoms with Crippen LogP contribution in [0.25, 0.3) is 11.4 Å². The summed E-state index contributed by atoms with van der Waals surface area (Å²) in [6.07, 6.45) is 0. The summed E-state index contributed by atoms with van der Waals surface area (Å²) in [5, 5.41) is 4.37. The number of halogens is 1. The fraction of sp³-hybridized carbons (Fsp3) is 0.167. The summed E-state index contributed by atoms with van der Waals surface area (Å²) in [6, 6.07) is 13.8. The maximum atomic E-state index is 12.0. The van der Waals surface area contributed by atoms with Crippen LogP contribution in [0.4, 0.5) is 0 Å². The molecule has 0 bridgehead atoms. The summed E-state index contributed by atoms with van der Waals surface area (Å²) in [4.78, 5) is 16.2. The monoisotopic (exact) mass is 358 g/mol. The van der Waals surface area contributed by atoms with Gasteiger partial charge in [0.15, 0.2) is 6.61 Å². The zero-order valence-electron chi connectivity index (χ0n) is 13.4. The molecule has 3 rings (SSSR count). The van der Waals surface area contributed by atoms with Gasteiger partial charge in [0.1, 0.15) is 5.75 Å². The number of hydrogen-bond donors (Lipinski definition) is 0. The SMILES string of the molecule is CCOc1ccc(C(=O)OCc2nc(-c3ccccc3Cl)no2)cc1. The summed E-state index contributed by atoms with van der Waals surface area (Å²) >= 11 is 6.09. The molecule has 0 amide bonds. The highest BCUT2D eigenvalue weighted by Crippen LogP contribution is 2.25. The molecule has 0 aliphatic carbocycles. The first kappa shape index (κ1) is 17.0. The van der Waals surface area contributed by atoms with Gasteiger partial charge in [-0.15, -0.1) is 0 Å². The Labute approximate surface area is 149 Å². The zero-order valence-corrected chi connectivity index (χ0v) is 14.2. The van der Waals surface area contributed by atoms with Crippen molar-refractivity contribution in [3.8, 4) is 17.1 Å². The predicted molar refractivity (Wildman–Crippen MR) is 91.5 cm³/mol. The van der Waals surface area contributed by atoms with Crippen molar-refractivity contribution in [2.75, 3.05) is 6.61 Å². The van der Waals surface area contributed by atoms with Gasteiger partial charge in [-0.25, -0.2) is 4.79 Å². The molecule has 0 spiro atoms. The largest absolute Gasteiger partial charge is 0.494 e. The standard InChI is InChI=1S/C18H15ClN2O4/c1-2-23-13-9-7-12(8-10-13)18(22)24-11-16-20-17(21-25-16)14-5-3-4-6-15(14)19/h3-10H,2,11H2,1H3. The Morgan fingerprint density at radius 3 is 2.64 bits per heavy atom. The Morgan fingerprint density at radius 2 is 1.92 bits per heavy atom. The molecular weight excluding hydrogens is 344 g/mol. The lowest BCUT2D eigenvalue weighted by atomic mass is 10.2. The van der Waals surface area contributed by atoms with Crippen molar-refractivity contribution in [2.45, 2.75) is 13.5 Å². The van der Waals surface area contributed by atoms with Crippen molar-refractivity contribution < 1.29 is 18.8 Å². The molecule has 0 saturated carbocycles. The highest BCUT2D eigenvalue weighted by Gasteiger charge is 2.14. The molecule has 25 heavy (non-hydrogen) atoms. The second-order valence-corrected chi connectivity index (χ2v) is 5.43. The van der Waals surface area contributed by atoms with Crippen LogP contribution in [0.2, 0.25) is 5.02 Å². The number of carbonyl (C=O) groups excluding carboxylic acids is 1. The van der Waals surface area contributed by atoms with E-state index in [2.05, 4.69) is 10.1 Å². The van der Waals surface area contributed by atoms with Crippen molar-refractivity contribution >= 4 is 17.6 Å². The summed E-state index contributed by atoms with van der Waals surface area (Å²) in [5.41, 5.74) is 1.06. The molecule has 3 aromatic rings. The van der Waals surface area contributed by atoms with E-state index in [0.717, 1.165) is 0 Å². The molecule has 0 fully saturated rings. The summed E-state index contributed by atoms with van der Waals surface area (Å²) in [7, 11) is 0. The fourth-order valence-electron chi connectivity index (χ4n) is 2.13. The number of rotatable bonds is 6. The summed E-state index contributed by atoms with van der Waals surface area (Å²) in [5.74, 6) is 0.743. The van der Waals surface area contributed by atoms with E-state index in [4.69, 9.17) is 25.6 Å². The van der Waals surface area contributed by atoms with Crippen LogP contribution < -0.4 is 4.74 Å². The molecule has 0 radical (unpaired) electrons. The van der Waals surface area contributed by atoms with E-state index in [1.165, 1.54) is 0 Å². The lowest BCUT2D eigenvalue weighted by molar-refractivity contribution is 0.0430. The van der Waals surface area contributed by atoms with Gasteiger partial charge >= 0.3 is 5.97 Å². The van der Waals surface area contributed by atoms with Gasteiger partial charge in [-0.2, -0.15) is 4.98 Å². The minimum Gasteiger partial charge on any atom is -0.494 e. The summed E-state index contributed by atoms with van der Waals surface area (Å²) in [6.45, 7) is 2.33. The first-order valence-electron chi connectivity index (χ1n) is 7.65. The third kappa shape index (κ3) is 4.16. The van der Waals surface area contributed by atoms with Gasteiger partial charge in [-0.1, -0.05) is 28.9 Å². The normalized spacial score (nSPS) is 10.5. The average molecular weight is 359 g/mol. The van der Waals surface area contributed by atoms with Crippen LogP contribution in [-0.2, 0) is 11.3 Å². The molecular formula is C18H15ClN2O4. The first-order chi connectivity index (χ1) is 12.2. The fourth-order valence-corrected chi connectivity index (χ4v) is 2.35. The Hall–Kier alpha value is -2.86. The number of benzene rings is 2. The molecule has 1 aromatic heterocycles. The van der Waals surface area contributed by atoms with Crippen LogP contribution >= 0.6 is 11.6 Å². The molecule has 2 aromatic carbocycles. The maximum absolute atomic E-state index is 12.0. The molecule has 0 unspecified atom stereocenters. The molecule has 7 heteroatoms. The van der Waals surface area contributed by atoms with Crippen molar-refractivity contribution in [3.05, 3.63) is 65.0 Å². The Bertz CT molecular complexity index is 862. The van der Waals surface area contributed by atoms with Gasteiger partial charge in [0.05, 0.1) is 17.2 Å². The number of hydrogen-bond acceptors (Lipinski definition) is 6. The van der Waals surface area contributed by atoms with E-state index < -0.39 is 5.97 Å². The molecule has 0 aliphatic rings. The molecule has 6 nitrogen and oxygen atoms in total. The second-order valence-electron chi connectivity index (χ2n) is 5.03. The first-order valence-corrected chi connectivity index (χ1v) is 8.02. The van der Waals surface area contributed by atoms with Crippen molar-refractivity contribution in [2.24, 2.45) is 0 Å². The Kier molecular flexibility index (Phi) is 5.30. The van der Waals surface area contributed by atoms with Gasteiger partial charge in [0.25, 0.3) is 5.89 Å². The predicted octanol–water partition coefficient (Wildman–Crippen LogP) is 4.15. The maximum Gasteiger partial charge on any atom is 0.338 e. The number of ether oxygens (including phenoxy) is 2. The minimum atomic E-state index is -0.486. The van der Waals surface area contributed by atoms with Crippen molar-refractivity contribution in [1.29, 1.82) is 0 Å². The minimum absolute atomic E-state index is 0.122. The van der Waals surface area contributed by atoms with Crippen molar-refractivity contribution in [1.82, 2.24) is 10.1 Å². The van der Waals surface area contributed by atoms with E-state index in [1.54, 1.807) is 36.4 Å². The third-order valence-electron chi connectivity index (χ3n) is 3.31. The number of nitrogens with zero attached hydrogens (tertiary/aromatic N) is 2. The van der Waals surface area contributed by atoms with Crippen LogP contribution in [0.15, 0.2) is 53.1 Å². The van der Waals surface area contributed by atoms with E-state index in [0.29, 0.717) is 34.3 Å². The molecule has 1 heterocycles. The van der Waals surface area contributed by atoms with Gasteiger partial charge in [-0.05, 0) is 43.3 Å². The molecule has 0 saturated heterocycles. The van der Waals surface area contributed by atoms with Crippen molar-refractivity contribution in [3.63, 3.8) is 0 Å². The van der Waals surface area contributed by atoms with E-state index >= 15 is 0 Å². The molecule has 0 N–H and O–H groups in total. The highest BCUT2D eigenvalue weighted by molar-refractivity contribution is 6.33. The number of carbonyl (C=O) groups is 1. The van der Waals surface area contributed by atoms with E-state index in [-0.39, 0.29) is 12.5 Å². The van der Waals surface area contributed by atoms with Crippen LogP contribution in [0.3, 0.4) is 0 Å². The van der Waals surface area contributed by atoms with Gasteiger partial charge in [-0.3, -0.25) is 0 Å². The van der Waals surface area contributed by atoms with Crippen LogP contribution in [0, 0.1) is 0 Å². The molecule has 128 valence electrons. The lowest BCUT2D eigenvalue weighted by Gasteiger charge is -2.04. The Balaban J connectivity index is 1.62. The van der Waals surface area contributed by atoms with E-state index in [1.807, 2.05) is 19.1 Å². The van der Waals surface area contributed by atoms with Crippen LogP contribution in [0.1, 0.15) is 23.2 Å². The number of esters is 1. The highest BCUT2D eigenvalue weighted by atomic mass is 35.5. The lowest BCUT2D eigenvalue weighted by Crippen LogP contribution is -2.05. The van der Waals surface area contributed by atoms with Gasteiger partial charge < -0.3 is 14.0 Å². The smallest absolute Gasteiger partial charge is 0.338 e. The van der Waals surface area contributed by atoms with Gasteiger partial charge in [0.2, 0.25) is 5.82 Å².